The summed E-state index contributed by atoms with van der Waals surface area (Å²) >= 11 is 0. The quantitative estimate of drug-likeness (QED) is 0.321. The summed E-state index contributed by atoms with van der Waals surface area (Å²) in [6.07, 6.45) is 0.863. The lowest BCUT2D eigenvalue weighted by atomic mass is 10.2. The van der Waals surface area contributed by atoms with Crippen LogP contribution in [0.15, 0.2) is 0 Å². The summed E-state index contributed by atoms with van der Waals surface area (Å²) in [5, 5.41) is 0. The van der Waals surface area contributed by atoms with E-state index in [1.54, 1.807) is 0 Å². The van der Waals surface area contributed by atoms with Gasteiger partial charge in [0.1, 0.15) is 16.8 Å². The summed E-state index contributed by atoms with van der Waals surface area (Å²) in [7, 11) is 0. The average molecular weight is 572 g/mol. The van der Waals surface area contributed by atoms with Crippen molar-refractivity contribution in [2.45, 2.75) is 85.5 Å². The molecule has 40 heavy (non-hydrogen) atoms. The van der Waals surface area contributed by atoms with Gasteiger partial charge >= 0.3 is 17.9 Å². The first-order valence-corrected chi connectivity index (χ1v) is 14.6. The fraction of sp³-hybridized carbons (Fsp3) is 0.897. The molecule has 0 bridgehead atoms. The summed E-state index contributed by atoms with van der Waals surface area (Å²) < 4.78 is 16.8. The fourth-order valence-electron chi connectivity index (χ4n) is 4.26. The Balaban J connectivity index is 3.10. The molecule has 234 valence electrons. The zero-order valence-electron chi connectivity index (χ0n) is 26.7. The van der Waals surface area contributed by atoms with Crippen LogP contribution < -0.4 is 5.73 Å². The highest BCUT2D eigenvalue weighted by atomic mass is 16.6. The van der Waals surface area contributed by atoms with Gasteiger partial charge < -0.3 is 24.8 Å². The van der Waals surface area contributed by atoms with E-state index in [4.69, 9.17) is 19.9 Å². The van der Waals surface area contributed by atoms with Crippen LogP contribution in [0.4, 0.5) is 0 Å². The average Bonchev–Trinajstić information content (AvgIpc) is 2.74. The Labute approximate surface area is 242 Å². The Bertz CT molecular complexity index is 741. The van der Waals surface area contributed by atoms with Gasteiger partial charge in [-0.1, -0.05) is 0 Å². The molecule has 1 aliphatic heterocycles. The number of nitrogens with two attached hydrogens (primary N) is 1. The predicted octanol–water partition coefficient (Wildman–Crippen LogP) is 1.58. The third-order valence-corrected chi connectivity index (χ3v) is 5.93. The molecule has 0 atom stereocenters. The maximum absolute atomic E-state index is 12.7. The standard InChI is InChI=1S/C29H57N5O6/c1-27(2,3)38-24(35)21-32-15-13-31(12-10-11-30)14-16-33(22-25(36)39-28(4,5)6)18-20-34(19-17-32)23-26(37)40-29(7,8)9/h10-23,30H2,1-9H3. The minimum atomic E-state index is -0.581. The van der Waals surface area contributed by atoms with Crippen molar-refractivity contribution in [3.8, 4) is 0 Å². The van der Waals surface area contributed by atoms with E-state index in [1.165, 1.54) is 0 Å². The molecule has 0 unspecified atom stereocenters. The number of carbonyl (C=O) groups is 3. The monoisotopic (exact) mass is 571 g/mol. The molecule has 0 aliphatic carbocycles. The van der Waals surface area contributed by atoms with Gasteiger partial charge in [-0.15, -0.1) is 0 Å². The van der Waals surface area contributed by atoms with Crippen LogP contribution in [-0.4, -0.2) is 139 Å². The van der Waals surface area contributed by atoms with Crippen molar-refractivity contribution in [2.75, 3.05) is 85.1 Å². The normalized spacial score (nSPS) is 18.4. The Kier molecular flexibility index (Phi) is 15.0. The molecule has 1 aliphatic rings. The summed E-state index contributed by atoms with van der Waals surface area (Å²) in [4.78, 5) is 46.6. The van der Waals surface area contributed by atoms with E-state index >= 15 is 0 Å². The van der Waals surface area contributed by atoms with Crippen molar-refractivity contribution >= 4 is 17.9 Å². The number of hydrogen-bond donors (Lipinski definition) is 1. The van der Waals surface area contributed by atoms with Crippen LogP contribution in [0.25, 0.3) is 0 Å². The summed E-state index contributed by atoms with van der Waals surface area (Å²) in [5.74, 6) is -0.837. The Morgan fingerprint density at radius 3 is 1.00 bits per heavy atom. The first-order valence-electron chi connectivity index (χ1n) is 14.6. The minimum Gasteiger partial charge on any atom is -0.459 e. The van der Waals surface area contributed by atoms with Crippen molar-refractivity contribution in [2.24, 2.45) is 5.73 Å². The van der Waals surface area contributed by atoms with Crippen molar-refractivity contribution in [3.63, 3.8) is 0 Å². The highest BCUT2D eigenvalue weighted by molar-refractivity contribution is 5.73. The fourth-order valence-corrected chi connectivity index (χ4v) is 4.26. The van der Waals surface area contributed by atoms with E-state index in [0.29, 0.717) is 45.8 Å². The Morgan fingerprint density at radius 2 is 0.775 bits per heavy atom. The van der Waals surface area contributed by atoms with Gasteiger partial charge in [-0.05, 0) is 81.8 Å². The molecule has 1 fully saturated rings. The molecule has 1 saturated heterocycles. The van der Waals surface area contributed by atoms with Crippen LogP contribution in [0, 0.1) is 0 Å². The van der Waals surface area contributed by atoms with Crippen molar-refractivity contribution in [1.29, 1.82) is 0 Å². The van der Waals surface area contributed by atoms with Crippen LogP contribution >= 0.6 is 0 Å². The maximum Gasteiger partial charge on any atom is 0.320 e. The number of rotatable bonds is 9. The molecule has 0 aromatic heterocycles. The zero-order chi connectivity index (χ0) is 30.6. The Morgan fingerprint density at radius 1 is 0.525 bits per heavy atom. The van der Waals surface area contributed by atoms with Crippen LogP contribution in [0.1, 0.15) is 68.7 Å². The lowest BCUT2D eigenvalue weighted by Gasteiger charge is -2.34. The van der Waals surface area contributed by atoms with Crippen LogP contribution in [-0.2, 0) is 28.6 Å². The van der Waals surface area contributed by atoms with Gasteiger partial charge in [0.25, 0.3) is 0 Å². The zero-order valence-corrected chi connectivity index (χ0v) is 26.7. The third kappa shape index (κ3) is 18.5. The largest absolute Gasteiger partial charge is 0.459 e. The van der Waals surface area contributed by atoms with Crippen LogP contribution in [0.5, 0.6) is 0 Å². The highest BCUT2D eigenvalue weighted by Gasteiger charge is 2.25. The number of carbonyl (C=O) groups excluding carboxylic acids is 3. The molecular weight excluding hydrogens is 514 g/mol. The van der Waals surface area contributed by atoms with Gasteiger partial charge in [0.05, 0.1) is 19.6 Å². The SMILES string of the molecule is CC(C)(C)OC(=O)CN1CCN(CCCN)CCN(CC(=O)OC(C)(C)C)CCN(CC(=O)OC(C)(C)C)CC1. The van der Waals surface area contributed by atoms with E-state index in [0.717, 1.165) is 26.1 Å². The third-order valence-electron chi connectivity index (χ3n) is 5.93. The van der Waals surface area contributed by atoms with E-state index in [-0.39, 0.29) is 37.5 Å². The molecule has 1 rings (SSSR count). The van der Waals surface area contributed by atoms with E-state index < -0.39 is 16.8 Å². The number of esters is 3. The van der Waals surface area contributed by atoms with Gasteiger partial charge in [0.2, 0.25) is 0 Å². The maximum atomic E-state index is 12.7. The van der Waals surface area contributed by atoms with Crippen LogP contribution in [0.3, 0.4) is 0 Å². The van der Waals surface area contributed by atoms with Gasteiger partial charge in [-0.25, -0.2) is 0 Å². The van der Waals surface area contributed by atoms with E-state index in [2.05, 4.69) is 14.7 Å². The highest BCUT2D eigenvalue weighted by Crippen LogP contribution is 2.11. The second kappa shape index (κ2) is 16.6. The number of ether oxygens (including phenoxy) is 3. The second-order valence-corrected chi connectivity index (χ2v) is 13.6. The molecule has 0 amide bonds. The molecular formula is C29H57N5O6. The number of hydrogen-bond acceptors (Lipinski definition) is 11. The molecule has 0 saturated carbocycles. The smallest absolute Gasteiger partial charge is 0.320 e. The molecule has 0 aromatic rings. The van der Waals surface area contributed by atoms with E-state index in [9.17, 15) is 14.4 Å². The molecule has 0 spiro atoms. The molecule has 0 aromatic carbocycles. The second-order valence-electron chi connectivity index (χ2n) is 13.6. The first-order chi connectivity index (χ1) is 18.3. The van der Waals surface area contributed by atoms with Crippen molar-refractivity contribution in [3.05, 3.63) is 0 Å². The predicted molar refractivity (Wildman–Crippen MR) is 157 cm³/mol. The molecule has 2 N–H and O–H groups in total. The lowest BCUT2D eigenvalue weighted by Crippen LogP contribution is -2.49. The summed E-state index contributed by atoms with van der Waals surface area (Å²) in [6, 6.07) is 0. The Hall–Kier alpha value is -1.79. The number of nitrogens with zero attached hydrogens (tertiary/aromatic N) is 4. The van der Waals surface area contributed by atoms with Crippen molar-refractivity contribution in [1.82, 2.24) is 19.6 Å². The van der Waals surface area contributed by atoms with Gasteiger partial charge in [0, 0.05) is 52.4 Å². The minimum absolute atomic E-state index is 0.125. The molecule has 1 heterocycles. The first kappa shape index (κ1) is 36.2. The summed E-state index contributed by atoms with van der Waals surface area (Å²) in [6.45, 7) is 23.7. The topological polar surface area (TPSA) is 118 Å². The van der Waals surface area contributed by atoms with Crippen LogP contribution in [0.2, 0.25) is 0 Å². The van der Waals surface area contributed by atoms with Gasteiger partial charge in [-0.3, -0.25) is 29.1 Å². The molecule has 11 heteroatoms. The lowest BCUT2D eigenvalue weighted by molar-refractivity contribution is -0.158. The summed E-state index contributed by atoms with van der Waals surface area (Å²) in [5.41, 5.74) is 4.10. The van der Waals surface area contributed by atoms with Crippen molar-refractivity contribution < 1.29 is 28.6 Å². The van der Waals surface area contributed by atoms with Gasteiger partial charge in [0.15, 0.2) is 0 Å². The molecule has 11 nitrogen and oxygen atoms in total. The van der Waals surface area contributed by atoms with E-state index in [1.807, 2.05) is 67.2 Å². The van der Waals surface area contributed by atoms with Gasteiger partial charge in [-0.2, -0.15) is 0 Å². The molecule has 0 radical (unpaired) electrons.